The third-order valence-corrected chi connectivity index (χ3v) is 3.84. The average molecular weight is 266 g/mol. The van der Waals surface area contributed by atoms with Gasteiger partial charge in [0.2, 0.25) is 5.95 Å². The Kier molecular flexibility index (Phi) is 3.14. The predicted molar refractivity (Wildman–Crippen MR) is 72.7 cm³/mol. The number of hydrogen-bond donors (Lipinski definition) is 1. The molecule has 2 aromatic rings. The van der Waals surface area contributed by atoms with Crippen LogP contribution in [0.25, 0.3) is 11.0 Å². The summed E-state index contributed by atoms with van der Waals surface area (Å²) in [7, 11) is 0. The van der Waals surface area contributed by atoms with Crippen molar-refractivity contribution in [3.8, 4) is 0 Å². The zero-order chi connectivity index (χ0) is 12.5. The van der Waals surface area contributed by atoms with E-state index in [0.717, 1.165) is 43.6 Å². The number of nitrogens with two attached hydrogens (primary N) is 1. The molecule has 0 spiro atoms. The molecule has 96 valence electrons. The van der Waals surface area contributed by atoms with E-state index >= 15 is 0 Å². The average Bonchev–Trinajstić information content (AvgIpc) is 2.94. The van der Waals surface area contributed by atoms with Gasteiger partial charge in [-0.05, 0) is 30.9 Å². The van der Waals surface area contributed by atoms with Crippen LogP contribution in [0.3, 0.4) is 0 Å². The zero-order valence-electron chi connectivity index (χ0n) is 10.1. The van der Waals surface area contributed by atoms with Gasteiger partial charge < -0.3 is 15.0 Å². The highest BCUT2D eigenvalue weighted by Gasteiger charge is 2.17. The fourth-order valence-corrected chi connectivity index (χ4v) is 2.78. The summed E-state index contributed by atoms with van der Waals surface area (Å²) < 4.78 is 7.40. The van der Waals surface area contributed by atoms with Gasteiger partial charge >= 0.3 is 0 Å². The van der Waals surface area contributed by atoms with E-state index in [1.807, 2.05) is 22.8 Å². The SMILES string of the molecule is Nc1nc2cccc(Cl)c2n1CCC1CCOC1. The highest BCUT2D eigenvalue weighted by Crippen LogP contribution is 2.27. The second-order valence-electron chi connectivity index (χ2n) is 4.75. The molecular weight excluding hydrogens is 250 g/mol. The summed E-state index contributed by atoms with van der Waals surface area (Å²) in [5.74, 6) is 1.17. The van der Waals surface area contributed by atoms with Gasteiger partial charge in [0.1, 0.15) is 0 Å². The lowest BCUT2D eigenvalue weighted by atomic mass is 10.1. The molecule has 1 aliphatic rings. The smallest absolute Gasteiger partial charge is 0.201 e. The van der Waals surface area contributed by atoms with Crippen LogP contribution in [0.4, 0.5) is 5.95 Å². The van der Waals surface area contributed by atoms with Gasteiger partial charge in [-0.25, -0.2) is 4.98 Å². The van der Waals surface area contributed by atoms with Crippen LogP contribution in [0.15, 0.2) is 18.2 Å². The number of aromatic nitrogens is 2. The molecule has 0 aliphatic carbocycles. The molecule has 2 N–H and O–H groups in total. The summed E-state index contributed by atoms with van der Waals surface area (Å²) in [6.07, 6.45) is 2.20. The minimum absolute atomic E-state index is 0.539. The molecule has 1 unspecified atom stereocenters. The van der Waals surface area contributed by atoms with Gasteiger partial charge in [0, 0.05) is 19.8 Å². The molecule has 5 heteroatoms. The van der Waals surface area contributed by atoms with Crippen LogP contribution < -0.4 is 5.73 Å². The van der Waals surface area contributed by atoms with Gasteiger partial charge in [-0.15, -0.1) is 0 Å². The Bertz CT molecular complexity index is 561. The first kappa shape index (κ1) is 11.8. The van der Waals surface area contributed by atoms with Crippen LogP contribution in [-0.4, -0.2) is 22.8 Å². The summed E-state index contributed by atoms with van der Waals surface area (Å²) in [6, 6.07) is 5.71. The molecule has 1 aliphatic heterocycles. The van der Waals surface area contributed by atoms with Crippen LogP contribution in [0.2, 0.25) is 5.02 Å². The first-order chi connectivity index (χ1) is 8.75. The number of ether oxygens (including phenoxy) is 1. The Morgan fingerprint density at radius 2 is 2.39 bits per heavy atom. The Morgan fingerprint density at radius 3 is 3.17 bits per heavy atom. The first-order valence-electron chi connectivity index (χ1n) is 6.23. The van der Waals surface area contributed by atoms with Crippen molar-refractivity contribution >= 4 is 28.6 Å². The number of aryl methyl sites for hydroxylation is 1. The maximum atomic E-state index is 6.23. The van der Waals surface area contributed by atoms with E-state index in [0.29, 0.717) is 16.9 Å². The van der Waals surface area contributed by atoms with Crippen molar-refractivity contribution < 1.29 is 4.74 Å². The minimum atomic E-state index is 0.539. The number of nitrogen functional groups attached to an aromatic ring is 1. The predicted octanol–water partition coefficient (Wildman–Crippen LogP) is 2.70. The molecule has 1 aromatic heterocycles. The van der Waals surface area contributed by atoms with Crippen molar-refractivity contribution in [1.29, 1.82) is 0 Å². The number of benzene rings is 1. The molecule has 1 aromatic carbocycles. The molecule has 1 fully saturated rings. The topological polar surface area (TPSA) is 53.1 Å². The standard InChI is InChI=1S/C13H16ClN3O/c14-10-2-1-3-11-12(10)17(13(15)16-11)6-4-9-5-7-18-8-9/h1-3,9H,4-8H2,(H2,15,16). The number of anilines is 1. The van der Waals surface area contributed by atoms with Crippen LogP contribution in [0.5, 0.6) is 0 Å². The summed E-state index contributed by atoms with van der Waals surface area (Å²) in [5.41, 5.74) is 7.77. The fraction of sp³-hybridized carbons (Fsp3) is 0.462. The third-order valence-electron chi connectivity index (χ3n) is 3.53. The fourth-order valence-electron chi connectivity index (χ4n) is 2.51. The van der Waals surface area contributed by atoms with E-state index in [-0.39, 0.29) is 0 Å². The molecule has 1 atom stereocenters. The number of para-hydroxylation sites is 1. The highest BCUT2D eigenvalue weighted by molar-refractivity contribution is 6.35. The number of halogens is 1. The van der Waals surface area contributed by atoms with Gasteiger partial charge in [0.25, 0.3) is 0 Å². The quantitative estimate of drug-likeness (QED) is 0.928. The molecule has 0 amide bonds. The van der Waals surface area contributed by atoms with Crippen LogP contribution in [0.1, 0.15) is 12.8 Å². The second kappa shape index (κ2) is 4.78. The van der Waals surface area contributed by atoms with E-state index in [2.05, 4.69) is 4.98 Å². The van der Waals surface area contributed by atoms with E-state index in [9.17, 15) is 0 Å². The van der Waals surface area contributed by atoms with Gasteiger partial charge in [0.05, 0.1) is 16.1 Å². The molecule has 0 bridgehead atoms. The second-order valence-corrected chi connectivity index (χ2v) is 5.15. The van der Waals surface area contributed by atoms with Crippen molar-refractivity contribution in [3.63, 3.8) is 0 Å². The number of rotatable bonds is 3. The summed E-state index contributed by atoms with van der Waals surface area (Å²) in [4.78, 5) is 4.34. The zero-order valence-corrected chi connectivity index (χ0v) is 10.9. The normalized spacial score (nSPS) is 19.7. The van der Waals surface area contributed by atoms with Gasteiger partial charge in [-0.3, -0.25) is 0 Å². The Morgan fingerprint density at radius 1 is 1.50 bits per heavy atom. The number of fused-ring (bicyclic) bond motifs is 1. The number of hydrogen-bond acceptors (Lipinski definition) is 3. The van der Waals surface area contributed by atoms with Crippen molar-refractivity contribution in [2.24, 2.45) is 5.92 Å². The monoisotopic (exact) mass is 265 g/mol. The van der Waals surface area contributed by atoms with E-state index < -0.39 is 0 Å². The first-order valence-corrected chi connectivity index (χ1v) is 6.61. The van der Waals surface area contributed by atoms with Gasteiger partial charge in [-0.2, -0.15) is 0 Å². The molecule has 0 radical (unpaired) electrons. The Labute approximate surface area is 111 Å². The van der Waals surface area contributed by atoms with Crippen molar-refractivity contribution in [1.82, 2.24) is 9.55 Å². The lowest BCUT2D eigenvalue weighted by Crippen LogP contribution is -2.09. The van der Waals surface area contributed by atoms with E-state index in [1.165, 1.54) is 0 Å². The van der Waals surface area contributed by atoms with Crippen LogP contribution in [-0.2, 0) is 11.3 Å². The maximum Gasteiger partial charge on any atom is 0.201 e. The van der Waals surface area contributed by atoms with Crippen molar-refractivity contribution in [3.05, 3.63) is 23.2 Å². The van der Waals surface area contributed by atoms with Crippen molar-refractivity contribution in [2.75, 3.05) is 18.9 Å². The number of imidazole rings is 1. The summed E-state index contributed by atoms with van der Waals surface area (Å²) >= 11 is 6.23. The van der Waals surface area contributed by atoms with E-state index in [4.69, 9.17) is 22.1 Å². The minimum Gasteiger partial charge on any atom is -0.381 e. The van der Waals surface area contributed by atoms with Gasteiger partial charge in [0.15, 0.2) is 0 Å². The summed E-state index contributed by atoms with van der Waals surface area (Å²) in [6.45, 7) is 2.59. The molecule has 3 rings (SSSR count). The van der Waals surface area contributed by atoms with Gasteiger partial charge in [-0.1, -0.05) is 17.7 Å². The largest absolute Gasteiger partial charge is 0.381 e. The number of nitrogens with zero attached hydrogens (tertiary/aromatic N) is 2. The Hall–Kier alpha value is -1.26. The Balaban J connectivity index is 1.88. The van der Waals surface area contributed by atoms with Crippen molar-refractivity contribution in [2.45, 2.75) is 19.4 Å². The lowest BCUT2D eigenvalue weighted by Gasteiger charge is -2.10. The summed E-state index contributed by atoms with van der Waals surface area (Å²) in [5, 5.41) is 0.708. The molecule has 4 nitrogen and oxygen atoms in total. The third kappa shape index (κ3) is 2.06. The highest BCUT2D eigenvalue weighted by atomic mass is 35.5. The molecule has 18 heavy (non-hydrogen) atoms. The van der Waals surface area contributed by atoms with Crippen LogP contribution >= 0.6 is 11.6 Å². The molecule has 2 heterocycles. The molecule has 1 saturated heterocycles. The lowest BCUT2D eigenvalue weighted by molar-refractivity contribution is 0.183. The maximum absolute atomic E-state index is 6.23. The molecular formula is C13H16ClN3O. The van der Waals surface area contributed by atoms with Crippen LogP contribution in [0, 0.1) is 5.92 Å². The molecule has 0 saturated carbocycles. The van der Waals surface area contributed by atoms with E-state index in [1.54, 1.807) is 0 Å².